The van der Waals surface area contributed by atoms with Gasteiger partial charge in [0, 0.05) is 12.2 Å². The van der Waals surface area contributed by atoms with Crippen LogP contribution in [0.1, 0.15) is 5.56 Å². The van der Waals surface area contributed by atoms with Crippen molar-refractivity contribution < 1.29 is 8.42 Å². The van der Waals surface area contributed by atoms with Gasteiger partial charge < -0.3 is 5.73 Å². The van der Waals surface area contributed by atoms with Gasteiger partial charge in [-0.05, 0) is 29.1 Å². The summed E-state index contributed by atoms with van der Waals surface area (Å²) in [6.07, 6.45) is 0. The molecule has 0 aliphatic rings. The van der Waals surface area contributed by atoms with Crippen LogP contribution in [0.5, 0.6) is 0 Å². The first kappa shape index (κ1) is 12.1. The maximum Gasteiger partial charge on any atom is 0.271 e. The fourth-order valence-corrected chi connectivity index (χ4v) is 3.43. The monoisotopic (exact) mass is 268 g/mol. The minimum absolute atomic E-state index is 0.302. The third-order valence-corrected chi connectivity index (χ3v) is 4.95. The summed E-state index contributed by atoms with van der Waals surface area (Å²) in [5.74, 6) is 0. The summed E-state index contributed by atoms with van der Waals surface area (Å²) in [4.78, 5) is 0. The van der Waals surface area contributed by atoms with Gasteiger partial charge in [0.1, 0.15) is 4.21 Å². The van der Waals surface area contributed by atoms with Gasteiger partial charge in [-0.25, -0.2) is 8.42 Å². The first-order valence-electron chi connectivity index (χ1n) is 4.97. The molecule has 90 valence electrons. The number of thiophene rings is 1. The number of benzene rings is 1. The first-order chi connectivity index (χ1) is 8.12. The van der Waals surface area contributed by atoms with E-state index >= 15 is 0 Å². The summed E-state index contributed by atoms with van der Waals surface area (Å²) in [7, 11) is -3.47. The summed E-state index contributed by atoms with van der Waals surface area (Å²) < 4.78 is 26.7. The Kier molecular flexibility index (Phi) is 3.46. The van der Waals surface area contributed by atoms with E-state index in [9.17, 15) is 8.42 Å². The topological polar surface area (TPSA) is 72.2 Å². The molecule has 17 heavy (non-hydrogen) atoms. The third kappa shape index (κ3) is 2.85. The lowest BCUT2D eigenvalue weighted by atomic mass is 10.2. The molecule has 0 saturated carbocycles. The SMILES string of the molecule is NCc1cccc(NS(=O)(=O)c2cccs2)c1. The van der Waals surface area contributed by atoms with Crippen LogP contribution in [0.4, 0.5) is 5.69 Å². The molecular weight excluding hydrogens is 256 g/mol. The zero-order valence-corrected chi connectivity index (χ0v) is 10.6. The van der Waals surface area contributed by atoms with Gasteiger partial charge in [0.15, 0.2) is 0 Å². The quantitative estimate of drug-likeness (QED) is 0.891. The standard InChI is InChI=1S/C11H12N2O2S2/c12-8-9-3-1-4-10(7-9)13-17(14,15)11-5-2-6-16-11/h1-7,13H,8,12H2. The molecule has 0 aliphatic heterocycles. The highest BCUT2D eigenvalue weighted by molar-refractivity contribution is 7.94. The Labute approximate surface area is 104 Å². The van der Waals surface area contributed by atoms with Crippen molar-refractivity contribution in [2.24, 2.45) is 5.73 Å². The minimum atomic E-state index is -3.47. The number of nitrogens with one attached hydrogen (secondary N) is 1. The van der Waals surface area contributed by atoms with Crippen LogP contribution in [0.2, 0.25) is 0 Å². The molecule has 0 aliphatic carbocycles. The molecule has 2 aromatic rings. The van der Waals surface area contributed by atoms with Crippen molar-refractivity contribution in [1.82, 2.24) is 0 Å². The molecule has 0 saturated heterocycles. The number of anilines is 1. The largest absolute Gasteiger partial charge is 0.326 e. The zero-order valence-electron chi connectivity index (χ0n) is 8.96. The van der Waals surface area contributed by atoms with Gasteiger partial charge in [-0.1, -0.05) is 18.2 Å². The molecule has 0 unspecified atom stereocenters. The predicted molar refractivity (Wildman–Crippen MR) is 69.5 cm³/mol. The van der Waals surface area contributed by atoms with Crippen LogP contribution in [-0.4, -0.2) is 8.42 Å². The second-order valence-corrected chi connectivity index (χ2v) is 6.30. The summed E-state index contributed by atoms with van der Waals surface area (Å²) >= 11 is 1.18. The van der Waals surface area contributed by atoms with E-state index < -0.39 is 10.0 Å². The lowest BCUT2D eigenvalue weighted by Crippen LogP contribution is -2.11. The fraction of sp³-hybridized carbons (Fsp3) is 0.0909. The Hall–Kier alpha value is -1.37. The number of rotatable bonds is 4. The second kappa shape index (κ2) is 4.87. The second-order valence-electron chi connectivity index (χ2n) is 3.44. The lowest BCUT2D eigenvalue weighted by Gasteiger charge is -2.07. The fourth-order valence-electron chi connectivity index (χ4n) is 1.38. The number of hydrogen-bond acceptors (Lipinski definition) is 4. The molecule has 1 aromatic carbocycles. The van der Waals surface area contributed by atoms with Crippen LogP contribution < -0.4 is 10.5 Å². The predicted octanol–water partition coefficient (Wildman–Crippen LogP) is 2.01. The smallest absolute Gasteiger partial charge is 0.271 e. The Balaban J connectivity index is 2.26. The molecule has 0 fully saturated rings. The molecule has 2 rings (SSSR count). The number of nitrogens with two attached hydrogens (primary N) is 1. The molecule has 3 N–H and O–H groups in total. The van der Waals surface area contributed by atoms with Gasteiger partial charge in [0.2, 0.25) is 0 Å². The van der Waals surface area contributed by atoms with Crippen LogP contribution in [0.3, 0.4) is 0 Å². The van der Waals surface area contributed by atoms with E-state index in [-0.39, 0.29) is 0 Å². The highest BCUT2D eigenvalue weighted by Gasteiger charge is 2.14. The van der Waals surface area contributed by atoms with Crippen LogP contribution in [-0.2, 0) is 16.6 Å². The maximum atomic E-state index is 11.9. The Morgan fingerprint density at radius 3 is 2.71 bits per heavy atom. The van der Waals surface area contributed by atoms with Gasteiger partial charge in [0.25, 0.3) is 10.0 Å². The summed E-state index contributed by atoms with van der Waals surface area (Å²) in [6.45, 7) is 0.384. The zero-order chi connectivity index (χ0) is 12.3. The van der Waals surface area contributed by atoms with Gasteiger partial charge >= 0.3 is 0 Å². The number of hydrogen-bond donors (Lipinski definition) is 2. The van der Waals surface area contributed by atoms with E-state index in [1.165, 1.54) is 11.3 Å². The van der Waals surface area contributed by atoms with Crippen LogP contribution in [0, 0.1) is 0 Å². The first-order valence-corrected chi connectivity index (χ1v) is 7.33. The van der Waals surface area contributed by atoms with Gasteiger partial charge in [-0.15, -0.1) is 11.3 Å². The number of sulfonamides is 1. The van der Waals surface area contributed by atoms with Crippen molar-refractivity contribution in [2.45, 2.75) is 10.8 Å². The van der Waals surface area contributed by atoms with Crippen molar-refractivity contribution in [3.05, 3.63) is 47.3 Å². The van der Waals surface area contributed by atoms with Crippen molar-refractivity contribution in [2.75, 3.05) is 4.72 Å². The van der Waals surface area contributed by atoms with Gasteiger partial charge in [-0.3, -0.25) is 4.72 Å². The van der Waals surface area contributed by atoms with E-state index in [1.54, 1.807) is 35.7 Å². The Bertz CT molecular complexity index is 592. The molecule has 1 heterocycles. The molecule has 0 amide bonds. The average molecular weight is 268 g/mol. The summed E-state index contributed by atoms with van der Waals surface area (Å²) in [5.41, 5.74) is 6.92. The van der Waals surface area contributed by atoms with Gasteiger partial charge in [-0.2, -0.15) is 0 Å². The Morgan fingerprint density at radius 1 is 1.24 bits per heavy atom. The van der Waals surface area contributed by atoms with Crippen LogP contribution in [0.15, 0.2) is 46.0 Å². The lowest BCUT2D eigenvalue weighted by molar-refractivity contribution is 0.603. The molecule has 0 spiro atoms. The molecule has 0 radical (unpaired) electrons. The van der Waals surface area contributed by atoms with E-state index in [0.29, 0.717) is 16.4 Å². The summed E-state index contributed by atoms with van der Waals surface area (Å²) in [6, 6.07) is 10.3. The Morgan fingerprint density at radius 2 is 2.06 bits per heavy atom. The van der Waals surface area contributed by atoms with E-state index in [1.807, 2.05) is 6.07 Å². The highest BCUT2D eigenvalue weighted by atomic mass is 32.2. The maximum absolute atomic E-state index is 11.9. The molecule has 0 atom stereocenters. The van der Waals surface area contributed by atoms with Crippen molar-refractivity contribution in [1.29, 1.82) is 0 Å². The normalized spacial score (nSPS) is 11.4. The van der Waals surface area contributed by atoms with E-state index in [4.69, 9.17) is 5.73 Å². The van der Waals surface area contributed by atoms with Crippen molar-refractivity contribution in [3.63, 3.8) is 0 Å². The summed E-state index contributed by atoms with van der Waals surface area (Å²) in [5, 5.41) is 1.73. The van der Waals surface area contributed by atoms with E-state index in [0.717, 1.165) is 5.56 Å². The van der Waals surface area contributed by atoms with Gasteiger partial charge in [0.05, 0.1) is 0 Å². The van der Waals surface area contributed by atoms with Crippen LogP contribution in [0.25, 0.3) is 0 Å². The third-order valence-electron chi connectivity index (χ3n) is 2.17. The molecule has 0 bridgehead atoms. The van der Waals surface area contributed by atoms with Crippen molar-refractivity contribution >= 4 is 27.0 Å². The van der Waals surface area contributed by atoms with E-state index in [2.05, 4.69) is 4.72 Å². The average Bonchev–Trinajstić information content (AvgIpc) is 2.83. The molecule has 6 heteroatoms. The molecular formula is C11H12N2O2S2. The van der Waals surface area contributed by atoms with Crippen LogP contribution >= 0.6 is 11.3 Å². The molecule has 1 aromatic heterocycles. The minimum Gasteiger partial charge on any atom is -0.326 e. The molecule has 4 nitrogen and oxygen atoms in total. The highest BCUT2D eigenvalue weighted by Crippen LogP contribution is 2.20. The van der Waals surface area contributed by atoms with Crippen molar-refractivity contribution in [3.8, 4) is 0 Å².